The Labute approximate surface area is 120 Å². The molecule has 0 atom stereocenters. The van der Waals surface area contributed by atoms with Crippen LogP contribution >= 0.6 is 0 Å². The maximum atomic E-state index is 11.8. The summed E-state index contributed by atoms with van der Waals surface area (Å²) in [5.41, 5.74) is 1.35. The molecule has 0 bridgehead atoms. The number of nitrogens with zero attached hydrogens (tertiary/aromatic N) is 2. The molecular formula is C16H21N3O. The maximum Gasteiger partial charge on any atom is 0.225 e. The van der Waals surface area contributed by atoms with E-state index in [-0.39, 0.29) is 5.91 Å². The van der Waals surface area contributed by atoms with Crippen molar-refractivity contribution in [3.63, 3.8) is 0 Å². The van der Waals surface area contributed by atoms with E-state index >= 15 is 0 Å². The minimum Gasteiger partial charge on any atom is -0.326 e. The van der Waals surface area contributed by atoms with E-state index in [1.165, 1.54) is 19.3 Å². The lowest BCUT2D eigenvalue weighted by molar-refractivity contribution is -0.116. The third-order valence-electron chi connectivity index (χ3n) is 3.81. The number of anilines is 1. The fraction of sp³-hybridized carbons (Fsp3) is 0.500. The molecule has 4 nitrogen and oxygen atoms in total. The Hall–Kier alpha value is -1.86. The summed E-state index contributed by atoms with van der Waals surface area (Å²) in [4.78, 5) is 14.1. The van der Waals surface area contributed by atoms with Crippen LogP contribution in [0.3, 0.4) is 0 Å². The van der Waals surface area contributed by atoms with Crippen molar-refractivity contribution in [2.75, 3.05) is 25.5 Å². The number of benzene rings is 1. The van der Waals surface area contributed by atoms with E-state index < -0.39 is 0 Å². The average Bonchev–Trinajstić information content (AvgIpc) is 2.41. The number of hydrogen-bond donors (Lipinski definition) is 1. The number of nitrogens with one attached hydrogen (secondary N) is 1. The topological polar surface area (TPSA) is 56.1 Å². The molecule has 1 fully saturated rings. The Kier molecular flexibility index (Phi) is 5.14. The normalized spacial score (nSPS) is 14.7. The van der Waals surface area contributed by atoms with E-state index in [1.807, 2.05) is 0 Å². The van der Waals surface area contributed by atoms with Crippen molar-refractivity contribution in [1.29, 1.82) is 5.26 Å². The third kappa shape index (κ3) is 4.36. The molecule has 0 unspecified atom stereocenters. The lowest BCUT2D eigenvalue weighted by Crippen LogP contribution is -2.31. The van der Waals surface area contributed by atoms with Crippen LogP contribution in [0.5, 0.6) is 0 Å². The van der Waals surface area contributed by atoms with Crippen LogP contribution in [0, 0.1) is 17.2 Å². The van der Waals surface area contributed by atoms with Gasteiger partial charge >= 0.3 is 0 Å². The summed E-state index contributed by atoms with van der Waals surface area (Å²) in [6.07, 6.45) is 4.53. The van der Waals surface area contributed by atoms with E-state index in [1.54, 1.807) is 24.3 Å². The van der Waals surface area contributed by atoms with Crippen LogP contribution in [-0.2, 0) is 4.79 Å². The first-order chi connectivity index (χ1) is 9.67. The second-order valence-electron chi connectivity index (χ2n) is 5.55. The van der Waals surface area contributed by atoms with E-state index in [0.717, 1.165) is 24.7 Å². The number of carbonyl (C=O) groups excluding carboxylic acids is 1. The van der Waals surface area contributed by atoms with Gasteiger partial charge in [0.25, 0.3) is 0 Å². The molecular weight excluding hydrogens is 250 g/mol. The summed E-state index contributed by atoms with van der Waals surface area (Å²) in [6, 6.07) is 8.99. The molecule has 1 amide bonds. The van der Waals surface area contributed by atoms with Gasteiger partial charge < -0.3 is 10.2 Å². The molecule has 1 aliphatic carbocycles. The van der Waals surface area contributed by atoms with Gasteiger partial charge in [-0.05, 0) is 50.1 Å². The number of carbonyl (C=O) groups is 1. The van der Waals surface area contributed by atoms with Crippen LogP contribution < -0.4 is 5.32 Å². The maximum absolute atomic E-state index is 11.8. The second kappa shape index (κ2) is 7.06. The molecule has 2 rings (SSSR count). The van der Waals surface area contributed by atoms with Crippen LogP contribution in [0.4, 0.5) is 5.69 Å². The molecule has 0 spiro atoms. The molecule has 1 aromatic rings. The highest BCUT2D eigenvalue weighted by molar-refractivity contribution is 5.90. The minimum absolute atomic E-state index is 0.0233. The van der Waals surface area contributed by atoms with Crippen LogP contribution in [0.15, 0.2) is 24.3 Å². The molecule has 106 valence electrons. The number of hydrogen-bond acceptors (Lipinski definition) is 3. The number of amides is 1. The zero-order chi connectivity index (χ0) is 14.4. The van der Waals surface area contributed by atoms with Crippen LogP contribution in [0.2, 0.25) is 0 Å². The summed E-state index contributed by atoms with van der Waals surface area (Å²) in [7, 11) is 2.08. The summed E-state index contributed by atoms with van der Waals surface area (Å²) in [6.45, 7) is 1.89. The Morgan fingerprint density at radius 2 is 2.10 bits per heavy atom. The zero-order valence-corrected chi connectivity index (χ0v) is 11.9. The molecule has 0 aromatic heterocycles. The Balaban J connectivity index is 1.70. The van der Waals surface area contributed by atoms with E-state index in [0.29, 0.717) is 12.0 Å². The Morgan fingerprint density at radius 1 is 1.40 bits per heavy atom. The van der Waals surface area contributed by atoms with E-state index in [4.69, 9.17) is 5.26 Å². The molecule has 1 N–H and O–H groups in total. The molecule has 0 aliphatic heterocycles. The van der Waals surface area contributed by atoms with Gasteiger partial charge in [-0.25, -0.2) is 0 Å². The molecule has 20 heavy (non-hydrogen) atoms. The quantitative estimate of drug-likeness (QED) is 0.865. The van der Waals surface area contributed by atoms with Crippen LogP contribution in [-0.4, -0.2) is 30.9 Å². The van der Waals surface area contributed by atoms with Crippen molar-refractivity contribution in [1.82, 2.24) is 4.90 Å². The fourth-order valence-corrected chi connectivity index (χ4v) is 2.35. The lowest BCUT2D eigenvalue weighted by Gasteiger charge is -2.29. The first kappa shape index (κ1) is 14.5. The minimum atomic E-state index is 0.0233. The SMILES string of the molecule is CN(CCC(=O)Nc1ccc(C#N)cc1)CC1CCC1. The number of rotatable bonds is 6. The molecule has 4 heteroatoms. The van der Waals surface area contributed by atoms with Gasteiger partial charge in [0.1, 0.15) is 0 Å². The standard InChI is InChI=1S/C16H21N3O/c1-19(12-14-3-2-4-14)10-9-16(20)18-15-7-5-13(11-17)6-8-15/h5-8,14H,2-4,9-10,12H2,1H3,(H,18,20). The van der Waals surface area contributed by atoms with Gasteiger partial charge in [-0.15, -0.1) is 0 Å². The van der Waals surface area contributed by atoms with Crippen LogP contribution in [0.25, 0.3) is 0 Å². The highest BCUT2D eigenvalue weighted by Gasteiger charge is 2.19. The monoisotopic (exact) mass is 271 g/mol. The highest BCUT2D eigenvalue weighted by Crippen LogP contribution is 2.26. The van der Waals surface area contributed by atoms with Crippen molar-refractivity contribution in [2.24, 2.45) is 5.92 Å². The van der Waals surface area contributed by atoms with Gasteiger partial charge in [0.2, 0.25) is 5.91 Å². The van der Waals surface area contributed by atoms with Crippen LogP contribution in [0.1, 0.15) is 31.2 Å². The largest absolute Gasteiger partial charge is 0.326 e. The summed E-state index contributed by atoms with van der Waals surface area (Å²) in [5.74, 6) is 0.858. The van der Waals surface area contributed by atoms with Gasteiger partial charge in [-0.1, -0.05) is 6.42 Å². The van der Waals surface area contributed by atoms with Gasteiger partial charge in [-0.3, -0.25) is 4.79 Å². The van der Waals surface area contributed by atoms with E-state index in [9.17, 15) is 4.79 Å². The predicted molar refractivity (Wildman–Crippen MR) is 79.2 cm³/mol. The highest BCUT2D eigenvalue weighted by atomic mass is 16.1. The van der Waals surface area contributed by atoms with E-state index in [2.05, 4.69) is 23.3 Å². The van der Waals surface area contributed by atoms with Crippen molar-refractivity contribution < 1.29 is 4.79 Å². The molecule has 1 saturated carbocycles. The molecule has 1 aromatic carbocycles. The van der Waals surface area contributed by atoms with Gasteiger partial charge in [0, 0.05) is 25.2 Å². The van der Waals surface area contributed by atoms with Crippen molar-refractivity contribution in [3.8, 4) is 6.07 Å². The molecule has 1 aliphatic rings. The van der Waals surface area contributed by atoms with Crippen molar-refractivity contribution >= 4 is 11.6 Å². The van der Waals surface area contributed by atoms with Gasteiger partial charge in [-0.2, -0.15) is 5.26 Å². The fourth-order valence-electron chi connectivity index (χ4n) is 2.35. The Bertz CT molecular complexity index is 485. The average molecular weight is 271 g/mol. The zero-order valence-electron chi connectivity index (χ0n) is 11.9. The first-order valence-electron chi connectivity index (χ1n) is 7.16. The summed E-state index contributed by atoms with van der Waals surface area (Å²) >= 11 is 0. The summed E-state index contributed by atoms with van der Waals surface area (Å²) < 4.78 is 0. The van der Waals surface area contributed by atoms with Crippen molar-refractivity contribution in [2.45, 2.75) is 25.7 Å². The lowest BCUT2D eigenvalue weighted by atomic mass is 9.85. The molecule has 0 radical (unpaired) electrons. The third-order valence-corrected chi connectivity index (χ3v) is 3.81. The van der Waals surface area contributed by atoms with Gasteiger partial charge in [0.05, 0.1) is 11.6 Å². The van der Waals surface area contributed by atoms with Gasteiger partial charge in [0.15, 0.2) is 0 Å². The number of nitriles is 1. The molecule has 0 heterocycles. The predicted octanol–water partition coefficient (Wildman–Crippen LogP) is 2.62. The smallest absolute Gasteiger partial charge is 0.225 e. The van der Waals surface area contributed by atoms with Crippen molar-refractivity contribution in [3.05, 3.63) is 29.8 Å². The second-order valence-corrected chi connectivity index (χ2v) is 5.55. The Morgan fingerprint density at radius 3 is 2.65 bits per heavy atom. The molecule has 0 saturated heterocycles. The summed E-state index contributed by atoms with van der Waals surface area (Å²) in [5, 5.41) is 11.6. The first-order valence-corrected chi connectivity index (χ1v) is 7.16.